The first-order valence-electron chi connectivity index (χ1n) is 11.0. The first-order valence-corrected chi connectivity index (χ1v) is 12.2. The number of carbonyl (C=O) groups excluding carboxylic acids is 1. The maximum absolute atomic E-state index is 13.6. The molecule has 5 rings (SSSR count). The van der Waals surface area contributed by atoms with Crippen LogP contribution in [0.25, 0.3) is 17.4 Å². The number of para-hydroxylation sites is 1. The van der Waals surface area contributed by atoms with Crippen LogP contribution in [0, 0.1) is 10.1 Å². The molecule has 0 saturated carbocycles. The molecule has 0 fully saturated rings. The molecule has 0 saturated heterocycles. The summed E-state index contributed by atoms with van der Waals surface area (Å²) in [6.07, 6.45) is 1.55. The van der Waals surface area contributed by atoms with Gasteiger partial charge in [0.15, 0.2) is 4.80 Å². The topological polar surface area (TPSA) is 117 Å². The molecule has 0 amide bonds. The van der Waals surface area contributed by atoms with Gasteiger partial charge in [0.25, 0.3) is 11.2 Å². The number of nitro groups is 1. The van der Waals surface area contributed by atoms with Gasteiger partial charge in [-0.1, -0.05) is 47.2 Å². The Bertz CT molecular complexity index is 1760. The smallest absolute Gasteiger partial charge is 0.338 e. The minimum Gasteiger partial charge on any atom is -0.466 e. The van der Waals surface area contributed by atoms with Crippen molar-refractivity contribution >= 4 is 40.7 Å². The van der Waals surface area contributed by atoms with Gasteiger partial charge in [-0.15, -0.1) is 0 Å². The van der Waals surface area contributed by atoms with Crippen LogP contribution in [0.2, 0.25) is 5.02 Å². The standard InChI is InChI=1S/C26H18ClN3O6S/c1-14-22(25(32)35-2)23(15-7-9-16(27)10-8-15)29-24(31)21(37-26(29)28-14)13-17-11-12-20(36-17)18-5-3-4-6-19(18)30(33)34/h3-13,23H,1-2H3/b21-13+/t23-/m0/s1. The highest BCUT2D eigenvalue weighted by Crippen LogP contribution is 2.32. The fourth-order valence-corrected chi connectivity index (χ4v) is 5.35. The van der Waals surface area contributed by atoms with Gasteiger partial charge in [0, 0.05) is 17.2 Å². The number of methoxy groups -OCH3 is 1. The Labute approximate surface area is 218 Å². The highest BCUT2D eigenvalue weighted by Gasteiger charge is 2.33. The number of esters is 1. The summed E-state index contributed by atoms with van der Waals surface area (Å²) in [5.74, 6) is 0.0511. The van der Waals surface area contributed by atoms with E-state index in [0.717, 1.165) is 11.3 Å². The number of nitrogens with zero attached hydrogens (tertiary/aromatic N) is 3. The first kappa shape index (κ1) is 24.4. The monoisotopic (exact) mass is 535 g/mol. The van der Waals surface area contributed by atoms with Crippen molar-refractivity contribution in [3.05, 3.63) is 118 Å². The zero-order chi connectivity index (χ0) is 26.3. The van der Waals surface area contributed by atoms with E-state index in [1.807, 2.05) is 0 Å². The van der Waals surface area contributed by atoms with Crippen LogP contribution in [0.5, 0.6) is 0 Å². The average molecular weight is 536 g/mol. The van der Waals surface area contributed by atoms with E-state index in [2.05, 4.69) is 4.99 Å². The number of ether oxygens (including phenoxy) is 1. The average Bonchev–Trinajstić information content (AvgIpc) is 3.47. The number of thiazole rings is 1. The predicted octanol–water partition coefficient (Wildman–Crippen LogP) is 4.23. The molecule has 3 heterocycles. The van der Waals surface area contributed by atoms with Crippen LogP contribution < -0.4 is 14.9 Å². The Balaban J connectivity index is 1.64. The molecule has 0 unspecified atom stereocenters. The second-order valence-electron chi connectivity index (χ2n) is 8.10. The van der Waals surface area contributed by atoms with E-state index in [1.54, 1.807) is 67.6 Å². The molecule has 9 nitrogen and oxygen atoms in total. The highest BCUT2D eigenvalue weighted by atomic mass is 35.5. The van der Waals surface area contributed by atoms with Crippen LogP contribution in [0.15, 0.2) is 86.1 Å². The molecule has 4 aromatic rings. The number of rotatable bonds is 5. The largest absolute Gasteiger partial charge is 0.466 e. The molecule has 0 N–H and O–H groups in total. The number of halogens is 1. The van der Waals surface area contributed by atoms with Gasteiger partial charge in [0.2, 0.25) is 0 Å². The second kappa shape index (κ2) is 9.64. The molecule has 1 aliphatic rings. The molecular weight excluding hydrogens is 518 g/mol. The summed E-state index contributed by atoms with van der Waals surface area (Å²) in [6, 6.07) is 15.6. The minimum absolute atomic E-state index is 0.0865. The predicted molar refractivity (Wildman–Crippen MR) is 138 cm³/mol. The summed E-state index contributed by atoms with van der Waals surface area (Å²) in [7, 11) is 1.28. The third-order valence-corrected chi connectivity index (χ3v) is 7.11. The quantitative estimate of drug-likeness (QED) is 0.214. The van der Waals surface area contributed by atoms with Gasteiger partial charge in [0.05, 0.1) is 39.4 Å². The Morgan fingerprint density at radius 1 is 1.19 bits per heavy atom. The van der Waals surface area contributed by atoms with E-state index in [-0.39, 0.29) is 16.8 Å². The molecule has 0 bridgehead atoms. The van der Waals surface area contributed by atoms with Gasteiger partial charge < -0.3 is 9.15 Å². The summed E-state index contributed by atoms with van der Waals surface area (Å²) >= 11 is 7.21. The SMILES string of the molecule is COC(=O)C1=C(C)N=c2s/c(=C/c3ccc(-c4ccccc4[N+](=O)[O-])o3)c(=O)n2[C@H]1c1ccc(Cl)cc1. The molecular formula is C26H18ClN3O6S. The van der Waals surface area contributed by atoms with Crippen LogP contribution in [0.1, 0.15) is 24.3 Å². The summed E-state index contributed by atoms with van der Waals surface area (Å²) < 4.78 is 12.6. The second-order valence-corrected chi connectivity index (χ2v) is 9.55. The van der Waals surface area contributed by atoms with Crippen molar-refractivity contribution in [1.82, 2.24) is 4.57 Å². The maximum Gasteiger partial charge on any atom is 0.338 e. The van der Waals surface area contributed by atoms with Gasteiger partial charge in [0.1, 0.15) is 11.5 Å². The lowest BCUT2D eigenvalue weighted by Gasteiger charge is -2.24. The molecule has 1 aliphatic heterocycles. The number of hydrogen-bond acceptors (Lipinski definition) is 8. The van der Waals surface area contributed by atoms with Crippen molar-refractivity contribution in [2.75, 3.05) is 7.11 Å². The van der Waals surface area contributed by atoms with E-state index in [9.17, 15) is 19.7 Å². The van der Waals surface area contributed by atoms with Crippen molar-refractivity contribution in [3.63, 3.8) is 0 Å². The third kappa shape index (κ3) is 4.41. The molecule has 2 aromatic heterocycles. The summed E-state index contributed by atoms with van der Waals surface area (Å²) in [5.41, 5.74) is 1.23. The lowest BCUT2D eigenvalue weighted by atomic mass is 9.96. The zero-order valence-electron chi connectivity index (χ0n) is 19.5. The number of benzene rings is 2. The van der Waals surface area contributed by atoms with Crippen molar-refractivity contribution in [2.45, 2.75) is 13.0 Å². The number of fused-ring (bicyclic) bond motifs is 1. The van der Waals surface area contributed by atoms with Gasteiger partial charge >= 0.3 is 5.97 Å². The Morgan fingerprint density at radius 3 is 2.62 bits per heavy atom. The van der Waals surface area contributed by atoms with Crippen molar-refractivity contribution in [3.8, 4) is 11.3 Å². The summed E-state index contributed by atoms with van der Waals surface area (Å²) in [5, 5.41) is 11.9. The lowest BCUT2D eigenvalue weighted by Crippen LogP contribution is -2.39. The van der Waals surface area contributed by atoms with Gasteiger partial charge in [-0.05, 0) is 42.8 Å². The number of nitro benzene ring substituents is 1. The molecule has 37 heavy (non-hydrogen) atoms. The fraction of sp³-hybridized carbons (Fsp3) is 0.115. The van der Waals surface area contributed by atoms with E-state index in [1.165, 1.54) is 17.7 Å². The van der Waals surface area contributed by atoms with Crippen LogP contribution in [-0.4, -0.2) is 22.6 Å². The minimum atomic E-state index is -0.762. The Hall–Kier alpha value is -4.28. The summed E-state index contributed by atoms with van der Waals surface area (Å²) in [6.45, 7) is 1.69. The summed E-state index contributed by atoms with van der Waals surface area (Å²) in [4.78, 5) is 42.1. The number of hydrogen-bond donors (Lipinski definition) is 0. The molecule has 0 radical (unpaired) electrons. The van der Waals surface area contributed by atoms with Gasteiger partial charge in [-0.25, -0.2) is 9.79 Å². The van der Waals surface area contributed by atoms with E-state index in [0.29, 0.717) is 42.7 Å². The molecule has 0 spiro atoms. The van der Waals surface area contributed by atoms with Gasteiger partial charge in [-0.2, -0.15) is 0 Å². The first-order chi connectivity index (χ1) is 17.8. The Kier molecular flexibility index (Phi) is 6.36. The van der Waals surface area contributed by atoms with Crippen LogP contribution >= 0.6 is 22.9 Å². The normalized spacial score (nSPS) is 15.3. The maximum atomic E-state index is 13.6. The van der Waals surface area contributed by atoms with E-state index >= 15 is 0 Å². The number of aromatic nitrogens is 1. The van der Waals surface area contributed by atoms with Crippen molar-refractivity contribution in [2.24, 2.45) is 4.99 Å². The van der Waals surface area contributed by atoms with Crippen molar-refractivity contribution < 1.29 is 18.9 Å². The number of allylic oxidation sites excluding steroid dienone is 1. The Morgan fingerprint density at radius 2 is 1.92 bits per heavy atom. The van der Waals surface area contributed by atoms with E-state index < -0.39 is 16.9 Å². The molecule has 1 atom stereocenters. The molecule has 186 valence electrons. The fourth-order valence-electron chi connectivity index (χ4n) is 4.20. The van der Waals surface area contributed by atoms with Crippen LogP contribution in [-0.2, 0) is 9.53 Å². The molecule has 2 aromatic carbocycles. The van der Waals surface area contributed by atoms with Gasteiger partial charge in [-0.3, -0.25) is 19.5 Å². The van der Waals surface area contributed by atoms with Crippen LogP contribution in [0.4, 0.5) is 5.69 Å². The van der Waals surface area contributed by atoms with Crippen LogP contribution in [0.3, 0.4) is 0 Å². The number of carbonyl (C=O) groups is 1. The number of furan rings is 1. The molecule has 11 heteroatoms. The highest BCUT2D eigenvalue weighted by molar-refractivity contribution is 7.07. The van der Waals surface area contributed by atoms with Crippen molar-refractivity contribution in [1.29, 1.82) is 0 Å². The van der Waals surface area contributed by atoms with E-state index in [4.69, 9.17) is 20.8 Å². The third-order valence-electron chi connectivity index (χ3n) is 5.88. The molecule has 0 aliphatic carbocycles. The zero-order valence-corrected chi connectivity index (χ0v) is 21.1. The lowest BCUT2D eigenvalue weighted by molar-refractivity contribution is -0.384.